The van der Waals surface area contributed by atoms with Crippen LogP contribution in [-0.4, -0.2) is 48.0 Å². The maximum Gasteiger partial charge on any atom is 0.325 e. The number of hydrogen-bond acceptors (Lipinski definition) is 5. The minimum Gasteiger partial charge on any atom is -0.494 e. The predicted molar refractivity (Wildman–Crippen MR) is 113 cm³/mol. The summed E-state index contributed by atoms with van der Waals surface area (Å²) < 4.78 is 11.1. The van der Waals surface area contributed by atoms with Crippen LogP contribution in [-0.2, 0) is 9.59 Å². The number of hydrogen-bond donors (Lipinski definition) is 2. The summed E-state index contributed by atoms with van der Waals surface area (Å²) in [6.45, 7) is 8.27. The van der Waals surface area contributed by atoms with Crippen LogP contribution in [0.3, 0.4) is 0 Å². The van der Waals surface area contributed by atoms with Crippen molar-refractivity contribution in [2.75, 3.05) is 25.1 Å². The molecule has 3 rings (SSSR count). The first-order valence-corrected chi connectivity index (χ1v) is 10.7. The van der Waals surface area contributed by atoms with Crippen LogP contribution in [0.2, 0.25) is 0 Å². The average Bonchev–Trinajstić information content (AvgIpc) is 2.94. The summed E-state index contributed by atoms with van der Waals surface area (Å²) >= 11 is 0. The molecule has 0 radical (unpaired) electrons. The number of ether oxygens (including phenoxy) is 2. The Morgan fingerprint density at radius 1 is 1.17 bits per heavy atom. The molecule has 1 aromatic rings. The Balaban J connectivity index is 1.76. The highest BCUT2D eigenvalue weighted by atomic mass is 16.5. The highest BCUT2D eigenvalue weighted by Crippen LogP contribution is 2.42. The van der Waals surface area contributed by atoms with Gasteiger partial charge in [0.1, 0.15) is 23.6 Å². The average molecular weight is 418 g/mol. The molecule has 1 unspecified atom stereocenters. The molecule has 3 atom stereocenters. The summed E-state index contributed by atoms with van der Waals surface area (Å²) in [7, 11) is 0. The Morgan fingerprint density at radius 2 is 1.83 bits per heavy atom. The van der Waals surface area contributed by atoms with Gasteiger partial charge >= 0.3 is 6.03 Å². The molecule has 30 heavy (non-hydrogen) atoms. The first-order chi connectivity index (χ1) is 14.3. The molecule has 2 aliphatic rings. The predicted octanol–water partition coefficient (Wildman–Crippen LogP) is 3.17. The van der Waals surface area contributed by atoms with E-state index in [2.05, 4.69) is 10.6 Å². The van der Waals surface area contributed by atoms with E-state index in [1.807, 2.05) is 27.7 Å². The number of urea groups is 1. The van der Waals surface area contributed by atoms with Crippen molar-refractivity contribution in [1.82, 2.24) is 10.2 Å². The van der Waals surface area contributed by atoms with Gasteiger partial charge in [0.15, 0.2) is 0 Å². The van der Waals surface area contributed by atoms with E-state index in [0.29, 0.717) is 30.4 Å². The lowest BCUT2D eigenvalue weighted by Crippen LogP contribution is -2.59. The molecule has 8 heteroatoms. The zero-order valence-electron chi connectivity index (χ0n) is 18.1. The third-order valence-corrected chi connectivity index (χ3v) is 6.12. The van der Waals surface area contributed by atoms with Crippen molar-refractivity contribution in [2.24, 2.45) is 11.8 Å². The molecule has 1 aliphatic heterocycles. The number of carbonyl (C=O) groups excluding carboxylic acids is 3. The van der Waals surface area contributed by atoms with Crippen molar-refractivity contribution in [2.45, 2.75) is 52.5 Å². The molecule has 2 N–H and O–H groups in total. The van der Waals surface area contributed by atoms with Crippen molar-refractivity contribution in [1.29, 1.82) is 0 Å². The Morgan fingerprint density at radius 3 is 2.47 bits per heavy atom. The summed E-state index contributed by atoms with van der Waals surface area (Å²) in [5.74, 6) is 0.362. The molecule has 8 nitrogen and oxygen atoms in total. The van der Waals surface area contributed by atoms with Gasteiger partial charge in [0.25, 0.3) is 5.91 Å². The molecule has 0 bridgehead atoms. The summed E-state index contributed by atoms with van der Waals surface area (Å²) in [4.78, 5) is 39.6. The van der Waals surface area contributed by atoms with Gasteiger partial charge in [-0.1, -0.05) is 20.3 Å². The molecule has 1 aromatic carbocycles. The van der Waals surface area contributed by atoms with E-state index in [-0.39, 0.29) is 24.3 Å². The molecular formula is C22H31N3O5. The van der Waals surface area contributed by atoms with Gasteiger partial charge in [0.2, 0.25) is 5.91 Å². The number of imide groups is 1. The summed E-state index contributed by atoms with van der Waals surface area (Å²) in [5, 5.41) is 5.67. The van der Waals surface area contributed by atoms with Crippen molar-refractivity contribution >= 4 is 23.5 Å². The van der Waals surface area contributed by atoms with Crippen molar-refractivity contribution < 1.29 is 23.9 Å². The Kier molecular flexibility index (Phi) is 6.53. The Hall–Kier alpha value is -2.77. The lowest BCUT2D eigenvalue weighted by Gasteiger charge is -2.42. The molecule has 4 amide bonds. The molecule has 1 heterocycles. The minimum absolute atomic E-state index is 0.0261. The van der Waals surface area contributed by atoms with Gasteiger partial charge in [-0.05, 0) is 50.7 Å². The van der Waals surface area contributed by atoms with Crippen LogP contribution in [0.15, 0.2) is 18.2 Å². The highest BCUT2D eigenvalue weighted by Gasteiger charge is 2.58. The Bertz CT molecular complexity index is 815. The van der Waals surface area contributed by atoms with E-state index in [1.165, 1.54) is 0 Å². The topological polar surface area (TPSA) is 97.0 Å². The Labute approximate surface area is 177 Å². The van der Waals surface area contributed by atoms with Crippen LogP contribution in [0.1, 0.15) is 47.0 Å². The second-order valence-corrected chi connectivity index (χ2v) is 8.00. The van der Waals surface area contributed by atoms with Gasteiger partial charge in [-0.2, -0.15) is 0 Å². The van der Waals surface area contributed by atoms with Crippen LogP contribution in [0, 0.1) is 11.8 Å². The number of rotatable bonds is 7. The van der Waals surface area contributed by atoms with Crippen molar-refractivity contribution in [3.8, 4) is 11.5 Å². The van der Waals surface area contributed by atoms with E-state index in [4.69, 9.17) is 9.47 Å². The van der Waals surface area contributed by atoms with Gasteiger partial charge < -0.3 is 20.1 Å². The molecule has 1 saturated carbocycles. The number of nitrogens with zero attached hydrogens (tertiary/aromatic N) is 1. The lowest BCUT2D eigenvalue weighted by atomic mass is 9.67. The monoisotopic (exact) mass is 417 g/mol. The van der Waals surface area contributed by atoms with E-state index in [9.17, 15) is 14.4 Å². The molecule has 1 saturated heterocycles. The lowest BCUT2D eigenvalue weighted by molar-refractivity contribution is -0.138. The second-order valence-electron chi connectivity index (χ2n) is 8.00. The van der Waals surface area contributed by atoms with Crippen LogP contribution in [0.5, 0.6) is 11.5 Å². The van der Waals surface area contributed by atoms with Crippen LogP contribution in [0.25, 0.3) is 0 Å². The van der Waals surface area contributed by atoms with Crippen molar-refractivity contribution in [3.63, 3.8) is 0 Å². The van der Waals surface area contributed by atoms with E-state index < -0.39 is 17.5 Å². The zero-order valence-corrected chi connectivity index (χ0v) is 18.1. The molecule has 164 valence electrons. The first kappa shape index (κ1) is 21.9. The summed E-state index contributed by atoms with van der Waals surface area (Å²) in [6, 6.07) is 4.64. The fourth-order valence-electron chi connectivity index (χ4n) is 4.57. The SMILES string of the molecule is CCOc1ccc(OCC)c(NC(=O)CN2C(=O)NC3(C2=O)[C@H](C)CCC[C@@H]3C)c1. The van der Waals surface area contributed by atoms with E-state index in [1.54, 1.807) is 18.2 Å². The van der Waals surface area contributed by atoms with Crippen LogP contribution >= 0.6 is 0 Å². The second kappa shape index (κ2) is 8.93. The normalized spacial score (nSPS) is 25.9. The van der Waals surface area contributed by atoms with Crippen LogP contribution in [0.4, 0.5) is 10.5 Å². The fraction of sp³-hybridized carbons (Fsp3) is 0.591. The number of amides is 4. The molecule has 1 aliphatic carbocycles. The molecule has 1 spiro atoms. The molecule has 0 aromatic heterocycles. The number of anilines is 1. The van der Waals surface area contributed by atoms with Gasteiger partial charge in [-0.25, -0.2) is 4.79 Å². The van der Waals surface area contributed by atoms with Gasteiger partial charge in [-0.15, -0.1) is 0 Å². The maximum absolute atomic E-state index is 13.2. The number of carbonyl (C=O) groups is 3. The third kappa shape index (κ3) is 3.95. The zero-order chi connectivity index (χ0) is 21.9. The highest BCUT2D eigenvalue weighted by molar-refractivity contribution is 6.10. The summed E-state index contributed by atoms with van der Waals surface area (Å²) in [5.41, 5.74) is -0.477. The van der Waals surface area contributed by atoms with E-state index >= 15 is 0 Å². The van der Waals surface area contributed by atoms with Gasteiger partial charge in [0, 0.05) is 6.07 Å². The van der Waals surface area contributed by atoms with Gasteiger partial charge in [0.05, 0.1) is 18.9 Å². The quantitative estimate of drug-likeness (QED) is 0.664. The first-order valence-electron chi connectivity index (χ1n) is 10.7. The number of nitrogens with one attached hydrogen (secondary N) is 2. The standard InChI is InChI=1S/C22H31N3O5/c1-5-29-16-10-11-18(30-6-2)17(12-16)23-19(26)13-25-20(27)22(24-21(25)28)14(3)8-7-9-15(22)4/h10-12,14-15H,5-9,13H2,1-4H3,(H,23,26)(H,24,28)/t14-,15+,22?. The summed E-state index contributed by atoms with van der Waals surface area (Å²) in [6.07, 6.45) is 2.78. The molecular weight excluding hydrogens is 386 g/mol. The largest absolute Gasteiger partial charge is 0.494 e. The fourth-order valence-corrected chi connectivity index (χ4v) is 4.57. The van der Waals surface area contributed by atoms with E-state index in [0.717, 1.165) is 24.2 Å². The van der Waals surface area contributed by atoms with Crippen LogP contribution < -0.4 is 20.1 Å². The van der Waals surface area contributed by atoms with Gasteiger partial charge in [-0.3, -0.25) is 14.5 Å². The molecule has 2 fully saturated rings. The number of benzene rings is 1. The van der Waals surface area contributed by atoms with Crippen molar-refractivity contribution in [3.05, 3.63) is 18.2 Å². The smallest absolute Gasteiger partial charge is 0.325 e. The third-order valence-electron chi connectivity index (χ3n) is 6.12. The maximum atomic E-state index is 13.2. The minimum atomic E-state index is -0.916.